The Morgan fingerprint density at radius 2 is 1.79 bits per heavy atom. The molecule has 1 aromatic carbocycles. The number of fused-ring (bicyclic) bond motifs is 2. The molecule has 0 unspecified atom stereocenters. The van der Waals surface area contributed by atoms with Gasteiger partial charge in [0.05, 0.1) is 31.0 Å². The minimum Gasteiger partial charge on any atom is -0.465 e. The van der Waals surface area contributed by atoms with Crippen molar-refractivity contribution in [2.75, 3.05) is 26.1 Å². The third-order valence-corrected chi connectivity index (χ3v) is 5.80. The molecule has 2 fully saturated rings. The van der Waals surface area contributed by atoms with Gasteiger partial charge in [-0.3, -0.25) is 9.59 Å². The molecule has 2 saturated carbocycles. The van der Waals surface area contributed by atoms with Gasteiger partial charge in [0, 0.05) is 6.42 Å². The molecule has 1 aromatic rings. The van der Waals surface area contributed by atoms with Crippen LogP contribution < -0.4 is 5.32 Å². The van der Waals surface area contributed by atoms with Crippen molar-refractivity contribution in [3.8, 4) is 0 Å². The molecule has 3 rings (SSSR count). The van der Waals surface area contributed by atoms with Crippen LogP contribution in [0.2, 0.25) is 0 Å². The van der Waals surface area contributed by atoms with E-state index in [1.165, 1.54) is 51.7 Å². The number of methoxy groups -OCH3 is 2. The number of hydrogen-bond donors (Lipinski definition) is 1. The smallest absolute Gasteiger partial charge is 0.339 e. The molecule has 0 radical (unpaired) electrons. The van der Waals surface area contributed by atoms with Crippen LogP contribution in [0.5, 0.6) is 0 Å². The summed E-state index contributed by atoms with van der Waals surface area (Å²) in [5.74, 6) is -0.608. The van der Waals surface area contributed by atoms with Gasteiger partial charge in [-0.15, -0.1) is 0 Å². The van der Waals surface area contributed by atoms with Gasteiger partial charge < -0.3 is 19.5 Å². The molecule has 8 nitrogen and oxygen atoms in total. The van der Waals surface area contributed by atoms with Crippen LogP contribution >= 0.6 is 0 Å². The van der Waals surface area contributed by atoms with Crippen molar-refractivity contribution in [2.45, 2.75) is 32.1 Å². The van der Waals surface area contributed by atoms with E-state index in [1.807, 2.05) is 0 Å². The minimum absolute atomic E-state index is 0.0711. The van der Waals surface area contributed by atoms with Crippen molar-refractivity contribution in [2.24, 2.45) is 17.8 Å². The molecule has 0 heterocycles. The van der Waals surface area contributed by atoms with Crippen LogP contribution in [-0.4, -0.2) is 44.6 Å². The second kappa shape index (κ2) is 9.07. The highest BCUT2D eigenvalue weighted by atomic mass is 16.5. The van der Waals surface area contributed by atoms with E-state index < -0.39 is 30.4 Å². The lowest BCUT2D eigenvalue weighted by Gasteiger charge is -2.20. The fourth-order valence-electron chi connectivity index (χ4n) is 4.41. The second-order valence-electron chi connectivity index (χ2n) is 7.59. The third-order valence-electron chi connectivity index (χ3n) is 5.80. The molecule has 0 spiro atoms. The number of benzene rings is 1. The zero-order valence-corrected chi connectivity index (χ0v) is 16.6. The zero-order valence-electron chi connectivity index (χ0n) is 16.6. The number of esters is 3. The largest absolute Gasteiger partial charge is 0.465 e. The van der Waals surface area contributed by atoms with Crippen LogP contribution in [0.3, 0.4) is 0 Å². The van der Waals surface area contributed by atoms with E-state index in [0.29, 0.717) is 18.3 Å². The molecule has 2 aliphatic carbocycles. The van der Waals surface area contributed by atoms with E-state index in [-0.39, 0.29) is 16.8 Å². The van der Waals surface area contributed by atoms with Gasteiger partial charge in [0.25, 0.3) is 5.91 Å². The molecule has 0 aliphatic heterocycles. The van der Waals surface area contributed by atoms with Crippen molar-refractivity contribution in [1.29, 1.82) is 0 Å². The zero-order chi connectivity index (χ0) is 21.0. The summed E-state index contributed by atoms with van der Waals surface area (Å²) in [6, 6.07) is 4.06. The van der Waals surface area contributed by atoms with Crippen molar-refractivity contribution in [3.05, 3.63) is 29.3 Å². The van der Waals surface area contributed by atoms with Gasteiger partial charge in [-0.1, -0.05) is 6.42 Å². The lowest BCUT2D eigenvalue weighted by molar-refractivity contribution is -0.148. The van der Waals surface area contributed by atoms with Crippen LogP contribution in [0, 0.1) is 17.8 Å². The molecule has 29 heavy (non-hydrogen) atoms. The number of carbonyl (C=O) groups excluding carboxylic acids is 4. The molecule has 2 bridgehead atoms. The van der Waals surface area contributed by atoms with E-state index in [2.05, 4.69) is 10.1 Å². The number of anilines is 1. The summed E-state index contributed by atoms with van der Waals surface area (Å²) < 4.78 is 14.5. The fourth-order valence-corrected chi connectivity index (χ4v) is 4.41. The third kappa shape index (κ3) is 4.93. The molecular formula is C21H25NO7. The molecule has 1 amide bonds. The lowest BCUT2D eigenvalue weighted by Crippen LogP contribution is -2.24. The van der Waals surface area contributed by atoms with Crippen molar-refractivity contribution < 1.29 is 33.4 Å². The maximum absolute atomic E-state index is 12.2. The first kappa shape index (κ1) is 20.8. The number of rotatable bonds is 7. The van der Waals surface area contributed by atoms with Crippen molar-refractivity contribution >= 4 is 29.5 Å². The molecule has 8 heteroatoms. The minimum atomic E-state index is -0.676. The molecular weight excluding hydrogens is 378 g/mol. The van der Waals surface area contributed by atoms with Crippen LogP contribution in [-0.2, 0) is 23.8 Å². The Kier molecular flexibility index (Phi) is 6.51. The van der Waals surface area contributed by atoms with E-state index >= 15 is 0 Å². The number of hydrogen-bond acceptors (Lipinski definition) is 7. The first-order valence-electron chi connectivity index (χ1n) is 9.67. The van der Waals surface area contributed by atoms with Gasteiger partial charge >= 0.3 is 17.9 Å². The maximum Gasteiger partial charge on any atom is 0.339 e. The van der Waals surface area contributed by atoms with Crippen LogP contribution in [0.15, 0.2) is 18.2 Å². The Hall–Kier alpha value is -2.90. The predicted octanol–water partition coefficient (Wildman–Crippen LogP) is 2.57. The molecule has 3 atom stereocenters. The fraction of sp³-hybridized carbons (Fsp3) is 0.524. The Morgan fingerprint density at radius 1 is 1.03 bits per heavy atom. The van der Waals surface area contributed by atoms with Gasteiger partial charge in [0.1, 0.15) is 0 Å². The standard InChI is InChI=1S/C21H25NO7/c1-27-20(25)14-5-6-16(21(26)28-2)17(9-14)22-18(23)11-29-19(24)10-15-8-12-3-4-13(15)7-12/h5-6,9,12-13,15H,3-4,7-8,10-11H2,1-2H3,(H,22,23)/t12-,13-,15+/m1/s1. The number of ether oxygens (including phenoxy) is 3. The van der Waals surface area contributed by atoms with Crippen molar-refractivity contribution in [1.82, 2.24) is 0 Å². The van der Waals surface area contributed by atoms with Crippen molar-refractivity contribution in [3.63, 3.8) is 0 Å². The summed E-state index contributed by atoms with van der Waals surface area (Å²) in [5.41, 5.74) is 0.305. The Morgan fingerprint density at radius 3 is 2.41 bits per heavy atom. The first-order valence-corrected chi connectivity index (χ1v) is 9.67. The monoisotopic (exact) mass is 403 g/mol. The van der Waals surface area contributed by atoms with Gasteiger partial charge in [0.2, 0.25) is 0 Å². The summed E-state index contributed by atoms with van der Waals surface area (Å²) in [7, 11) is 2.43. The summed E-state index contributed by atoms with van der Waals surface area (Å²) in [4.78, 5) is 48.0. The topological polar surface area (TPSA) is 108 Å². The normalized spacial score (nSPS) is 22.1. The number of carbonyl (C=O) groups is 4. The first-order chi connectivity index (χ1) is 13.9. The summed E-state index contributed by atoms with van der Waals surface area (Å²) >= 11 is 0. The van der Waals surface area contributed by atoms with E-state index in [9.17, 15) is 19.2 Å². The molecule has 2 aliphatic rings. The molecule has 156 valence electrons. The molecule has 1 N–H and O–H groups in total. The maximum atomic E-state index is 12.2. The lowest BCUT2D eigenvalue weighted by atomic mass is 9.86. The van der Waals surface area contributed by atoms with E-state index in [0.717, 1.165) is 12.3 Å². The Labute approximate surface area is 168 Å². The number of amides is 1. The quantitative estimate of drug-likeness (QED) is 0.551. The average molecular weight is 403 g/mol. The van der Waals surface area contributed by atoms with Gasteiger partial charge in [0.15, 0.2) is 6.61 Å². The average Bonchev–Trinajstić information content (AvgIpc) is 3.34. The number of nitrogens with one attached hydrogen (secondary N) is 1. The summed E-state index contributed by atoms with van der Waals surface area (Å²) in [6.45, 7) is -0.470. The van der Waals surface area contributed by atoms with E-state index in [1.54, 1.807) is 0 Å². The molecule has 0 aromatic heterocycles. The van der Waals surface area contributed by atoms with Gasteiger partial charge in [-0.25, -0.2) is 9.59 Å². The SMILES string of the molecule is COC(=O)c1ccc(C(=O)OC)c(NC(=O)COC(=O)C[C@@H]2C[C@@H]3CC[C@@H]2C3)c1. The predicted molar refractivity (Wildman–Crippen MR) is 102 cm³/mol. The highest BCUT2D eigenvalue weighted by Crippen LogP contribution is 2.49. The Bertz CT molecular complexity index is 819. The summed E-state index contributed by atoms with van der Waals surface area (Å²) in [5, 5.41) is 2.50. The van der Waals surface area contributed by atoms with Crippen LogP contribution in [0.1, 0.15) is 52.8 Å². The van der Waals surface area contributed by atoms with Crippen LogP contribution in [0.4, 0.5) is 5.69 Å². The highest BCUT2D eigenvalue weighted by molar-refractivity contribution is 6.04. The Balaban J connectivity index is 1.57. The second-order valence-corrected chi connectivity index (χ2v) is 7.59. The van der Waals surface area contributed by atoms with Gasteiger partial charge in [-0.05, 0) is 55.2 Å². The van der Waals surface area contributed by atoms with E-state index in [4.69, 9.17) is 9.47 Å². The van der Waals surface area contributed by atoms with Gasteiger partial charge in [-0.2, -0.15) is 0 Å². The van der Waals surface area contributed by atoms with Crippen LogP contribution in [0.25, 0.3) is 0 Å². The highest BCUT2D eigenvalue weighted by Gasteiger charge is 2.40. The summed E-state index contributed by atoms with van der Waals surface area (Å²) in [6.07, 6.45) is 5.03. The molecule has 0 saturated heterocycles.